The summed E-state index contributed by atoms with van der Waals surface area (Å²) in [7, 11) is 0. The number of nitrogens with one attached hydrogen (secondary N) is 1. The zero-order valence-electron chi connectivity index (χ0n) is 11.6. The fourth-order valence-corrected chi connectivity index (χ4v) is 2.51. The van der Waals surface area contributed by atoms with Crippen LogP contribution < -0.4 is 11.0 Å². The molecule has 2 heterocycles. The molecule has 114 valence electrons. The minimum atomic E-state index is -0.565. The molecule has 1 aromatic heterocycles. The average molecular weight is 294 g/mol. The van der Waals surface area contributed by atoms with Gasteiger partial charge in [-0.15, -0.1) is 0 Å². The number of hydrogen-bond acceptors (Lipinski definition) is 6. The van der Waals surface area contributed by atoms with E-state index in [9.17, 15) is 9.59 Å². The number of aliphatic hydroxyl groups is 1. The van der Waals surface area contributed by atoms with Gasteiger partial charge in [0.2, 0.25) is 5.91 Å². The smallest absolute Gasteiger partial charge is 0.368 e. The summed E-state index contributed by atoms with van der Waals surface area (Å²) < 4.78 is 6.63. The van der Waals surface area contributed by atoms with Gasteiger partial charge in [-0.05, 0) is 25.7 Å². The summed E-state index contributed by atoms with van der Waals surface area (Å²) in [4.78, 5) is 27.6. The number of carbonyl (C=O) groups is 1. The van der Waals surface area contributed by atoms with Crippen molar-refractivity contribution in [2.75, 3.05) is 11.9 Å². The highest BCUT2D eigenvalue weighted by atomic mass is 16.5. The summed E-state index contributed by atoms with van der Waals surface area (Å²) in [6.07, 6.45) is 4.71. The van der Waals surface area contributed by atoms with Crippen LogP contribution in [-0.4, -0.2) is 38.5 Å². The Labute approximate surface area is 121 Å². The number of ether oxygens (including phenoxy) is 1. The molecule has 2 aliphatic rings. The molecule has 2 N–H and O–H groups in total. The third kappa shape index (κ3) is 2.96. The van der Waals surface area contributed by atoms with Crippen molar-refractivity contribution in [3.8, 4) is 0 Å². The summed E-state index contributed by atoms with van der Waals surface area (Å²) in [5, 5.41) is 15.6. The summed E-state index contributed by atoms with van der Waals surface area (Å²) in [6, 6.07) is 0. The third-order valence-corrected chi connectivity index (χ3v) is 4.01. The topological polar surface area (TPSA) is 106 Å². The van der Waals surface area contributed by atoms with Gasteiger partial charge in [0.15, 0.2) is 12.0 Å². The normalized spacial score (nSPS) is 25.6. The molecule has 1 amide bonds. The first-order valence-corrected chi connectivity index (χ1v) is 7.20. The van der Waals surface area contributed by atoms with Crippen molar-refractivity contribution in [1.82, 2.24) is 14.8 Å². The fraction of sp³-hybridized carbons (Fsp3) is 0.692. The maximum atomic E-state index is 12.0. The van der Waals surface area contributed by atoms with Crippen LogP contribution in [0.15, 0.2) is 11.0 Å². The largest absolute Gasteiger partial charge is 0.394 e. The van der Waals surface area contributed by atoms with Crippen molar-refractivity contribution in [1.29, 1.82) is 0 Å². The van der Waals surface area contributed by atoms with E-state index in [1.165, 1.54) is 6.20 Å². The molecular weight excluding hydrogens is 276 g/mol. The van der Waals surface area contributed by atoms with Gasteiger partial charge in [-0.3, -0.25) is 4.79 Å². The Balaban J connectivity index is 1.68. The number of amides is 1. The van der Waals surface area contributed by atoms with Gasteiger partial charge >= 0.3 is 5.69 Å². The zero-order valence-corrected chi connectivity index (χ0v) is 11.6. The lowest BCUT2D eigenvalue weighted by atomic mass is 9.85. The molecule has 2 atom stereocenters. The maximum Gasteiger partial charge on any atom is 0.368 e. The molecule has 1 saturated heterocycles. The minimum absolute atomic E-state index is 0.0257. The fourth-order valence-electron chi connectivity index (χ4n) is 2.51. The highest BCUT2D eigenvalue weighted by Gasteiger charge is 2.28. The number of aromatic nitrogens is 3. The van der Waals surface area contributed by atoms with Crippen LogP contribution in [0.2, 0.25) is 0 Å². The number of anilines is 1. The number of rotatable bonds is 4. The van der Waals surface area contributed by atoms with Crippen molar-refractivity contribution < 1.29 is 14.6 Å². The van der Waals surface area contributed by atoms with Crippen LogP contribution in [0.1, 0.15) is 38.3 Å². The van der Waals surface area contributed by atoms with E-state index in [4.69, 9.17) is 9.84 Å². The number of aliphatic hydroxyl groups excluding tert-OH is 1. The van der Waals surface area contributed by atoms with Crippen LogP contribution in [0.25, 0.3) is 0 Å². The molecule has 8 heteroatoms. The predicted molar refractivity (Wildman–Crippen MR) is 72.5 cm³/mol. The standard InChI is InChI=1S/C13H18N4O4/c18-7-9-4-5-11(21-9)17-13(20)16-10(6-14-17)15-12(19)8-2-1-3-8/h6,8-9,11,18H,1-5,7H2,(H,15,16,19,20). The molecular formula is C13H18N4O4. The first-order valence-electron chi connectivity index (χ1n) is 7.20. The first kappa shape index (κ1) is 14.2. The maximum absolute atomic E-state index is 12.0. The molecule has 21 heavy (non-hydrogen) atoms. The molecule has 0 spiro atoms. The van der Waals surface area contributed by atoms with Crippen LogP contribution in [0.4, 0.5) is 5.82 Å². The highest BCUT2D eigenvalue weighted by Crippen LogP contribution is 2.27. The molecule has 1 aliphatic carbocycles. The second-order valence-electron chi connectivity index (χ2n) is 5.46. The van der Waals surface area contributed by atoms with E-state index in [1.54, 1.807) is 0 Å². The lowest BCUT2D eigenvalue weighted by Crippen LogP contribution is -2.33. The Morgan fingerprint density at radius 2 is 2.24 bits per heavy atom. The summed E-state index contributed by atoms with van der Waals surface area (Å²) in [6.45, 7) is -0.0752. The monoisotopic (exact) mass is 294 g/mol. The van der Waals surface area contributed by atoms with E-state index in [0.717, 1.165) is 23.9 Å². The molecule has 8 nitrogen and oxygen atoms in total. The van der Waals surface area contributed by atoms with Gasteiger partial charge in [0.25, 0.3) is 0 Å². The number of nitrogens with zero attached hydrogens (tertiary/aromatic N) is 3. The van der Waals surface area contributed by atoms with E-state index < -0.39 is 11.9 Å². The molecule has 2 unspecified atom stereocenters. The molecule has 1 aliphatic heterocycles. The van der Waals surface area contributed by atoms with Crippen LogP contribution >= 0.6 is 0 Å². The van der Waals surface area contributed by atoms with Crippen molar-refractivity contribution in [3.05, 3.63) is 16.7 Å². The van der Waals surface area contributed by atoms with Crippen LogP contribution in [0, 0.1) is 5.92 Å². The zero-order chi connectivity index (χ0) is 14.8. The molecule has 1 aromatic rings. The highest BCUT2D eigenvalue weighted by molar-refractivity contribution is 5.91. The predicted octanol–water partition coefficient (Wildman–Crippen LogP) is 0.0468. The molecule has 0 bridgehead atoms. The SMILES string of the molecule is O=C(Nc1cnn(C2CCC(CO)O2)c(=O)n1)C1CCC1. The van der Waals surface area contributed by atoms with Crippen LogP contribution in [0.3, 0.4) is 0 Å². The lowest BCUT2D eigenvalue weighted by molar-refractivity contribution is -0.122. The van der Waals surface area contributed by atoms with Gasteiger partial charge in [0.05, 0.1) is 18.9 Å². The Kier molecular flexibility index (Phi) is 3.98. The van der Waals surface area contributed by atoms with Crippen molar-refractivity contribution in [2.24, 2.45) is 5.92 Å². The summed E-state index contributed by atoms with van der Waals surface area (Å²) in [5.41, 5.74) is -0.565. The summed E-state index contributed by atoms with van der Waals surface area (Å²) in [5.74, 6) is 0.0905. The lowest BCUT2D eigenvalue weighted by Gasteiger charge is -2.23. The second-order valence-corrected chi connectivity index (χ2v) is 5.46. The van der Waals surface area contributed by atoms with Crippen LogP contribution in [-0.2, 0) is 9.53 Å². The third-order valence-electron chi connectivity index (χ3n) is 4.01. The Morgan fingerprint density at radius 3 is 2.81 bits per heavy atom. The van der Waals surface area contributed by atoms with E-state index in [2.05, 4.69) is 15.4 Å². The van der Waals surface area contributed by atoms with Gasteiger partial charge in [-0.2, -0.15) is 14.8 Å². The molecule has 3 rings (SSSR count). The molecule has 1 saturated carbocycles. The molecule has 2 fully saturated rings. The number of hydrogen-bond donors (Lipinski definition) is 2. The van der Waals surface area contributed by atoms with Crippen molar-refractivity contribution >= 4 is 11.7 Å². The van der Waals surface area contributed by atoms with Crippen molar-refractivity contribution in [2.45, 2.75) is 44.4 Å². The average Bonchev–Trinajstić information content (AvgIpc) is 2.85. The van der Waals surface area contributed by atoms with E-state index in [0.29, 0.717) is 12.8 Å². The molecule has 0 radical (unpaired) electrons. The quantitative estimate of drug-likeness (QED) is 0.812. The Morgan fingerprint density at radius 1 is 1.43 bits per heavy atom. The van der Waals surface area contributed by atoms with Crippen molar-refractivity contribution in [3.63, 3.8) is 0 Å². The Bertz CT molecular complexity index is 584. The van der Waals surface area contributed by atoms with Gasteiger partial charge < -0.3 is 15.2 Å². The Hall–Kier alpha value is -1.80. The van der Waals surface area contributed by atoms with Crippen LogP contribution in [0.5, 0.6) is 0 Å². The van der Waals surface area contributed by atoms with Gasteiger partial charge in [-0.25, -0.2) is 4.79 Å². The first-order chi connectivity index (χ1) is 10.2. The van der Waals surface area contributed by atoms with Gasteiger partial charge in [0, 0.05) is 5.92 Å². The number of carbonyl (C=O) groups excluding carboxylic acids is 1. The minimum Gasteiger partial charge on any atom is -0.394 e. The van der Waals surface area contributed by atoms with E-state index in [1.807, 2.05) is 0 Å². The van der Waals surface area contributed by atoms with Gasteiger partial charge in [-0.1, -0.05) is 6.42 Å². The van der Waals surface area contributed by atoms with Gasteiger partial charge in [0.1, 0.15) is 0 Å². The summed E-state index contributed by atoms with van der Waals surface area (Å²) >= 11 is 0. The second kappa shape index (κ2) is 5.90. The van der Waals surface area contributed by atoms with E-state index in [-0.39, 0.29) is 30.4 Å². The molecule has 0 aromatic carbocycles. The van der Waals surface area contributed by atoms with E-state index >= 15 is 0 Å².